The molecule has 3 fully saturated rings. The fourth-order valence-corrected chi connectivity index (χ4v) is 8.37. The van der Waals surface area contributed by atoms with Crippen LogP contribution in [0.15, 0.2) is 29.6 Å². The molecule has 1 N–H and O–H groups in total. The Hall–Kier alpha value is -2.37. The fraction of sp³-hybridized carbons (Fsp3) is 0.667. The summed E-state index contributed by atoms with van der Waals surface area (Å²) in [7, 11) is 3.55. The van der Waals surface area contributed by atoms with Crippen LogP contribution >= 0.6 is 0 Å². The van der Waals surface area contributed by atoms with Gasteiger partial charge >= 0.3 is 0 Å². The van der Waals surface area contributed by atoms with Crippen molar-refractivity contribution < 1.29 is 14.3 Å². The molecule has 0 bridgehead atoms. The number of anilines is 1. The molecule has 0 aromatic carbocycles. The Kier molecular flexibility index (Phi) is 5.33. The number of hydrogen-bond acceptors (Lipinski definition) is 4. The highest BCUT2D eigenvalue weighted by molar-refractivity contribution is 5.93. The maximum absolute atomic E-state index is 13.4. The normalized spacial score (nSPS) is 37.8. The van der Waals surface area contributed by atoms with Crippen LogP contribution in [0.3, 0.4) is 0 Å². The number of rotatable bonds is 3. The lowest BCUT2D eigenvalue weighted by Gasteiger charge is -2.59. The lowest BCUT2D eigenvalue weighted by Crippen LogP contribution is -2.54. The van der Waals surface area contributed by atoms with Gasteiger partial charge in [-0.3, -0.25) is 9.59 Å². The van der Waals surface area contributed by atoms with Gasteiger partial charge in [-0.25, -0.2) is 4.98 Å². The first-order valence-electron chi connectivity index (χ1n) is 12.5. The third kappa shape index (κ3) is 3.31. The summed E-state index contributed by atoms with van der Waals surface area (Å²) in [5.41, 5.74) is 3.52. The Morgan fingerprint density at radius 1 is 1.21 bits per heavy atom. The van der Waals surface area contributed by atoms with Crippen LogP contribution in [0.1, 0.15) is 65.7 Å². The number of likely N-dealkylation sites (tertiary alicyclic amines) is 1. The van der Waals surface area contributed by atoms with E-state index in [2.05, 4.69) is 31.1 Å². The van der Waals surface area contributed by atoms with Crippen molar-refractivity contribution in [1.82, 2.24) is 9.88 Å². The molecule has 1 aliphatic heterocycles. The molecule has 2 amide bonds. The van der Waals surface area contributed by atoms with E-state index in [1.54, 1.807) is 19.4 Å². The maximum atomic E-state index is 13.4. The third-order valence-electron chi connectivity index (χ3n) is 9.84. The summed E-state index contributed by atoms with van der Waals surface area (Å²) < 4.78 is 5.21. The van der Waals surface area contributed by atoms with E-state index < -0.39 is 0 Å². The highest BCUT2D eigenvalue weighted by Gasteiger charge is 2.61. The van der Waals surface area contributed by atoms with Crippen molar-refractivity contribution in [3.8, 4) is 5.88 Å². The zero-order valence-electron chi connectivity index (χ0n) is 20.6. The number of methoxy groups -OCH3 is 1. The third-order valence-corrected chi connectivity index (χ3v) is 9.84. The first kappa shape index (κ1) is 22.4. The highest BCUT2D eigenvalue weighted by atomic mass is 16.5. The highest BCUT2D eigenvalue weighted by Crippen LogP contribution is 2.66. The Morgan fingerprint density at radius 3 is 2.76 bits per heavy atom. The number of carbonyl (C=O) groups excluding carboxylic acids is 2. The van der Waals surface area contributed by atoms with E-state index in [1.165, 1.54) is 11.3 Å². The largest absolute Gasteiger partial charge is 0.481 e. The number of allylic oxidation sites excluding steroid dienone is 2. The monoisotopic (exact) mass is 451 g/mol. The fourth-order valence-electron chi connectivity index (χ4n) is 8.37. The van der Waals surface area contributed by atoms with E-state index in [9.17, 15) is 9.59 Å². The van der Waals surface area contributed by atoms with Gasteiger partial charge in [0.25, 0.3) is 0 Å². The van der Waals surface area contributed by atoms with Crippen LogP contribution in [0.2, 0.25) is 0 Å². The molecule has 2 heterocycles. The SMILES string of the molecule is COc1cc(NC(=O)[C@H]2CC[C@H]3[C@@H]4CC(C)=C5N(C)C(=O)CC[C@]5(C)[C@H]4CC[C@]23C)ccn1. The quantitative estimate of drug-likeness (QED) is 0.700. The molecule has 1 aromatic heterocycles. The minimum atomic E-state index is 0.0207. The van der Waals surface area contributed by atoms with Gasteiger partial charge in [-0.2, -0.15) is 0 Å². The summed E-state index contributed by atoms with van der Waals surface area (Å²) in [5, 5.41) is 3.15. The van der Waals surface area contributed by atoms with Crippen molar-refractivity contribution in [2.45, 2.75) is 65.7 Å². The van der Waals surface area contributed by atoms with E-state index in [0.717, 1.165) is 44.2 Å². The van der Waals surface area contributed by atoms with Gasteiger partial charge in [-0.15, -0.1) is 0 Å². The minimum Gasteiger partial charge on any atom is -0.481 e. The second kappa shape index (κ2) is 7.85. The molecule has 6 atom stereocenters. The second-order valence-corrected chi connectivity index (χ2v) is 11.3. The number of nitrogens with one attached hydrogen (secondary N) is 1. The molecule has 0 radical (unpaired) electrons. The predicted molar refractivity (Wildman–Crippen MR) is 127 cm³/mol. The lowest BCUT2D eigenvalue weighted by molar-refractivity contribution is -0.137. The number of amides is 2. The first-order chi connectivity index (χ1) is 15.7. The molecule has 1 saturated heterocycles. The molecule has 2 saturated carbocycles. The van der Waals surface area contributed by atoms with Gasteiger partial charge in [-0.05, 0) is 74.7 Å². The molecule has 33 heavy (non-hydrogen) atoms. The zero-order chi connectivity index (χ0) is 23.5. The molecular formula is C27H37N3O3. The number of piperidine rings is 1. The van der Waals surface area contributed by atoms with Gasteiger partial charge in [0.2, 0.25) is 17.7 Å². The number of aromatic nitrogens is 1. The topological polar surface area (TPSA) is 71.5 Å². The van der Waals surface area contributed by atoms with Crippen molar-refractivity contribution in [1.29, 1.82) is 0 Å². The van der Waals surface area contributed by atoms with Crippen LogP contribution in [0.25, 0.3) is 0 Å². The van der Waals surface area contributed by atoms with E-state index in [1.807, 2.05) is 18.0 Å². The molecule has 0 unspecified atom stereocenters. The summed E-state index contributed by atoms with van der Waals surface area (Å²) in [4.78, 5) is 32.0. The summed E-state index contributed by atoms with van der Waals surface area (Å²) in [5.74, 6) is 2.66. The Bertz CT molecular complexity index is 1020. The Labute approximate surface area is 197 Å². The zero-order valence-corrected chi connectivity index (χ0v) is 20.6. The molecule has 178 valence electrons. The van der Waals surface area contributed by atoms with Crippen molar-refractivity contribution in [2.75, 3.05) is 19.5 Å². The number of fused-ring (bicyclic) bond motifs is 5. The van der Waals surface area contributed by atoms with Crippen LogP contribution in [-0.4, -0.2) is 35.9 Å². The number of nitrogens with zero attached hydrogens (tertiary/aromatic N) is 2. The van der Waals surface area contributed by atoms with Crippen LogP contribution in [0, 0.1) is 34.5 Å². The van der Waals surface area contributed by atoms with Gasteiger partial charge in [0.05, 0.1) is 7.11 Å². The number of carbonyl (C=O) groups is 2. The van der Waals surface area contributed by atoms with Crippen molar-refractivity contribution in [3.63, 3.8) is 0 Å². The van der Waals surface area contributed by atoms with Gasteiger partial charge in [0.1, 0.15) is 0 Å². The van der Waals surface area contributed by atoms with Crippen LogP contribution in [0.4, 0.5) is 5.69 Å². The lowest BCUT2D eigenvalue weighted by atomic mass is 9.48. The molecular weight excluding hydrogens is 414 g/mol. The minimum absolute atomic E-state index is 0.0207. The summed E-state index contributed by atoms with van der Waals surface area (Å²) >= 11 is 0. The number of pyridine rings is 1. The smallest absolute Gasteiger partial charge is 0.228 e. The van der Waals surface area contributed by atoms with E-state index in [0.29, 0.717) is 30.1 Å². The number of hydrogen-bond donors (Lipinski definition) is 1. The number of ether oxygens (including phenoxy) is 1. The molecule has 5 rings (SSSR count). The maximum Gasteiger partial charge on any atom is 0.228 e. The summed E-state index contributed by atoms with van der Waals surface area (Å²) in [6, 6.07) is 3.60. The molecule has 6 heteroatoms. The van der Waals surface area contributed by atoms with Crippen LogP contribution < -0.4 is 10.1 Å². The average Bonchev–Trinajstić information content (AvgIpc) is 3.14. The molecule has 1 aromatic rings. The second-order valence-electron chi connectivity index (χ2n) is 11.3. The van der Waals surface area contributed by atoms with Gasteiger partial charge < -0.3 is 15.0 Å². The van der Waals surface area contributed by atoms with Crippen molar-refractivity contribution >= 4 is 17.5 Å². The van der Waals surface area contributed by atoms with Crippen LogP contribution in [0.5, 0.6) is 5.88 Å². The van der Waals surface area contributed by atoms with E-state index in [4.69, 9.17) is 4.74 Å². The van der Waals surface area contributed by atoms with Gasteiger partial charge in [-0.1, -0.05) is 19.4 Å². The Morgan fingerprint density at radius 2 is 2.00 bits per heavy atom. The first-order valence-corrected chi connectivity index (χ1v) is 12.5. The molecule has 0 spiro atoms. The van der Waals surface area contributed by atoms with Crippen molar-refractivity contribution in [2.24, 2.45) is 34.5 Å². The molecule has 3 aliphatic carbocycles. The van der Waals surface area contributed by atoms with E-state index >= 15 is 0 Å². The predicted octanol–water partition coefficient (Wildman–Crippen LogP) is 5.02. The Balaban J connectivity index is 1.40. The van der Waals surface area contributed by atoms with Crippen LogP contribution in [-0.2, 0) is 9.59 Å². The molecule has 4 aliphatic rings. The van der Waals surface area contributed by atoms with Crippen molar-refractivity contribution in [3.05, 3.63) is 29.6 Å². The van der Waals surface area contributed by atoms with Gasteiger partial charge in [0, 0.05) is 48.4 Å². The van der Waals surface area contributed by atoms with E-state index in [-0.39, 0.29) is 28.6 Å². The van der Waals surface area contributed by atoms with Gasteiger partial charge in [0.15, 0.2) is 0 Å². The standard InChI is InChI=1S/C27H37N3O3/c1-16-14-18-19-6-7-21(25(32)29-17-10-13-28-22(15-17)33-5)26(19,2)11-8-20(18)27(3)12-9-23(31)30(4)24(16)27/h10,13,15,18-21H,6-9,11-12,14H2,1-5H3,(H,28,29,32)/t18-,19-,20-,21+,26-,27+/m0/s1. The molecule has 6 nitrogen and oxygen atoms in total. The summed E-state index contributed by atoms with van der Waals surface area (Å²) in [6.45, 7) is 7.01. The average molecular weight is 452 g/mol. The summed E-state index contributed by atoms with van der Waals surface area (Å²) in [6.07, 6.45) is 8.61.